The van der Waals surface area contributed by atoms with Crippen LogP contribution in [-0.2, 0) is 11.3 Å². The number of ether oxygens (including phenoxy) is 1. The van der Waals surface area contributed by atoms with Gasteiger partial charge in [0.2, 0.25) is 5.91 Å². The fourth-order valence-electron chi connectivity index (χ4n) is 2.46. The lowest BCUT2D eigenvalue weighted by atomic mass is 10.1. The van der Waals surface area contributed by atoms with Gasteiger partial charge in [-0.1, -0.05) is 25.5 Å². The summed E-state index contributed by atoms with van der Waals surface area (Å²) in [4.78, 5) is 18.1. The Morgan fingerprint density at radius 2 is 2.07 bits per heavy atom. The van der Waals surface area contributed by atoms with Gasteiger partial charge in [0.1, 0.15) is 5.75 Å². The van der Waals surface area contributed by atoms with E-state index in [4.69, 9.17) is 4.74 Å². The highest BCUT2D eigenvalue weighted by atomic mass is 16.5. The average molecular weight is 375 g/mol. The summed E-state index contributed by atoms with van der Waals surface area (Å²) in [5, 5.41) is 6.43. The van der Waals surface area contributed by atoms with Gasteiger partial charge in [0.05, 0.1) is 19.7 Å². The summed E-state index contributed by atoms with van der Waals surface area (Å²) in [6.07, 6.45) is 4.71. The molecule has 1 aromatic carbocycles. The molecule has 0 aromatic heterocycles. The van der Waals surface area contributed by atoms with Crippen LogP contribution in [0.25, 0.3) is 0 Å². The number of guanidine groups is 1. The molecule has 1 aliphatic carbocycles. The third-order valence-electron chi connectivity index (χ3n) is 4.53. The second-order valence-corrected chi connectivity index (χ2v) is 7.45. The molecule has 0 radical (unpaired) electrons. The molecular weight excluding hydrogens is 340 g/mol. The van der Waals surface area contributed by atoms with E-state index in [1.165, 1.54) is 18.4 Å². The van der Waals surface area contributed by atoms with Crippen molar-refractivity contribution in [2.24, 2.45) is 10.9 Å². The van der Waals surface area contributed by atoms with Gasteiger partial charge in [-0.25, -0.2) is 4.99 Å². The van der Waals surface area contributed by atoms with Crippen LogP contribution in [0.1, 0.15) is 43.7 Å². The van der Waals surface area contributed by atoms with Crippen LogP contribution in [0.3, 0.4) is 0 Å². The zero-order chi connectivity index (χ0) is 19.6. The van der Waals surface area contributed by atoms with E-state index >= 15 is 0 Å². The zero-order valence-corrected chi connectivity index (χ0v) is 17.2. The number of amides is 1. The SMILES string of the molecule is CCCCNC(=NCc1ccc(C)cc1OCC1CC1)NCC(=O)N(C)C. The summed E-state index contributed by atoms with van der Waals surface area (Å²) >= 11 is 0. The number of aryl methyl sites for hydroxylation is 1. The third-order valence-corrected chi connectivity index (χ3v) is 4.53. The van der Waals surface area contributed by atoms with Gasteiger partial charge in [0, 0.05) is 26.2 Å². The Balaban J connectivity index is 2.02. The molecular formula is C21H34N4O2. The minimum Gasteiger partial charge on any atom is -0.493 e. The van der Waals surface area contributed by atoms with Gasteiger partial charge in [-0.05, 0) is 43.7 Å². The number of likely N-dealkylation sites (N-methyl/N-ethyl adjacent to an activating group) is 1. The number of aliphatic imine (C=N–C) groups is 1. The van der Waals surface area contributed by atoms with Crippen LogP contribution in [0, 0.1) is 12.8 Å². The molecule has 1 fully saturated rings. The lowest BCUT2D eigenvalue weighted by Gasteiger charge is -2.15. The number of nitrogens with one attached hydrogen (secondary N) is 2. The first kappa shape index (κ1) is 21.1. The third kappa shape index (κ3) is 7.89. The summed E-state index contributed by atoms with van der Waals surface area (Å²) in [6.45, 7) is 6.58. The number of nitrogens with zero attached hydrogens (tertiary/aromatic N) is 2. The van der Waals surface area contributed by atoms with Crippen LogP contribution >= 0.6 is 0 Å². The van der Waals surface area contributed by atoms with Crippen molar-refractivity contribution in [2.45, 2.75) is 46.1 Å². The van der Waals surface area contributed by atoms with Crippen LogP contribution in [0.15, 0.2) is 23.2 Å². The van der Waals surface area contributed by atoms with Crippen LogP contribution in [0.4, 0.5) is 0 Å². The fraction of sp³-hybridized carbons (Fsp3) is 0.619. The molecule has 1 aliphatic rings. The van der Waals surface area contributed by atoms with Gasteiger partial charge < -0.3 is 20.3 Å². The lowest BCUT2D eigenvalue weighted by molar-refractivity contribution is -0.127. The maximum atomic E-state index is 11.9. The number of benzene rings is 1. The van der Waals surface area contributed by atoms with Crippen molar-refractivity contribution in [1.82, 2.24) is 15.5 Å². The molecule has 0 bridgehead atoms. The maximum absolute atomic E-state index is 11.9. The number of unbranched alkanes of at least 4 members (excludes halogenated alkanes) is 1. The monoisotopic (exact) mass is 374 g/mol. The molecule has 1 saturated carbocycles. The van der Waals surface area contributed by atoms with Crippen LogP contribution in [-0.4, -0.2) is 50.6 Å². The van der Waals surface area contributed by atoms with Gasteiger partial charge in [-0.2, -0.15) is 0 Å². The number of hydrogen-bond acceptors (Lipinski definition) is 3. The number of carbonyl (C=O) groups is 1. The first-order valence-corrected chi connectivity index (χ1v) is 9.94. The molecule has 0 heterocycles. The lowest BCUT2D eigenvalue weighted by Crippen LogP contribution is -2.43. The van der Waals surface area contributed by atoms with Crippen molar-refractivity contribution in [3.8, 4) is 5.75 Å². The predicted molar refractivity (Wildman–Crippen MR) is 110 cm³/mol. The molecule has 1 aromatic rings. The summed E-state index contributed by atoms with van der Waals surface area (Å²) in [5.41, 5.74) is 2.25. The van der Waals surface area contributed by atoms with Gasteiger partial charge in [-0.15, -0.1) is 0 Å². The van der Waals surface area contributed by atoms with Crippen LogP contribution < -0.4 is 15.4 Å². The van der Waals surface area contributed by atoms with Crippen molar-refractivity contribution in [3.05, 3.63) is 29.3 Å². The second-order valence-electron chi connectivity index (χ2n) is 7.45. The molecule has 6 nitrogen and oxygen atoms in total. The first-order valence-electron chi connectivity index (χ1n) is 9.94. The molecule has 0 spiro atoms. The Hall–Kier alpha value is -2.24. The van der Waals surface area contributed by atoms with Crippen molar-refractivity contribution in [1.29, 1.82) is 0 Å². The minimum absolute atomic E-state index is 0.0174. The molecule has 2 N–H and O–H groups in total. The number of carbonyl (C=O) groups excluding carboxylic acids is 1. The Morgan fingerprint density at radius 1 is 1.30 bits per heavy atom. The average Bonchev–Trinajstić information content (AvgIpc) is 3.47. The quantitative estimate of drug-likeness (QED) is 0.375. The largest absolute Gasteiger partial charge is 0.493 e. The highest BCUT2D eigenvalue weighted by molar-refractivity contribution is 5.86. The van der Waals surface area contributed by atoms with Gasteiger partial charge >= 0.3 is 0 Å². The summed E-state index contributed by atoms with van der Waals surface area (Å²) < 4.78 is 6.03. The van der Waals surface area contributed by atoms with Gasteiger partial charge in [-0.3, -0.25) is 4.79 Å². The highest BCUT2D eigenvalue weighted by Crippen LogP contribution is 2.30. The van der Waals surface area contributed by atoms with E-state index in [-0.39, 0.29) is 12.5 Å². The normalized spacial score (nSPS) is 14.0. The van der Waals surface area contributed by atoms with Crippen molar-refractivity contribution >= 4 is 11.9 Å². The fourth-order valence-corrected chi connectivity index (χ4v) is 2.46. The molecule has 150 valence electrons. The van der Waals surface area contributed by atoms with E-state index in [0.717, 1.165) is 37.3 Å². The molecule has 0 atom stereocenters. The summed E-state index contributed by atoms with van der Waals surface area (Å²) in [7, 11) is 3.50. The Morgan fingerprint density at radius 3 is 2.74 bits per heavy atom. The van der Waals surface area contributed by atoms with E-state index < -0.39 is 0 Å². The maximum Gasteiger partial charge on any atom is 0.241 e. The molecule has 0 aliphatic heterocycles. The van der Waals surface area contributed by atoms with Crippen molar-refractivity contribution in [2.75, 3.05) is 33.8 Å². The topological polar surface area (TPSA) is 66.0 Å². The van der Waals surface area contributed by atoms with Crippen LogP contribution in [0.2, 0.25) is 0 Å². The minimum atomic E-state index is 0.0174. The van der Waals surface area contributed by atoms with E-state index in [2.05, 4.69) is 47.7 Å². The van der Waals surface area contributed by atoms with E-state index in [0.29, 0.717) is 18.4 Å². The van der Waals surface area contributed by atoms with Crippen LogP contribution in [0.5, 0.6) is 5.75 Å². The number of hydrogen-bond donors (Lipinski definition) is 2. The smallest absolute Gasteiger partial charge is 0.241 e. The number of rotatable bonds is 10. The summed E-state index contributed by atoms with van der Waals surface area (Å²) in [5.74, 6) is 2.31. The first-order chi connectivity index (χ1) is 13.0. The molecule has 27 heavy (non-hydrogen) atoms. The second kappa shape index (κ2) is 10.8. The molecule has 0 unspecified atom stereocenters. The van der Waals surface area contributed by atoms with E-state index in [1.807, 2.05) is 0 Å². The summed E-state index contributed by atoms with van der Waals surface area (Å²) in [6, 6.07) is 6.25. The highest BCUT2D eigenvalue weighted by Gasteiger charge is 2.22. The zero-order valence-electron chi connectivity index (χ0n) is 17.2. The van der Waals surface area contributed by atoms with Gasteiger partial charge in [0.25, 0.3) is 0 Å². The predicted octanol–water partition coefficient (Wildman–Crippen LogP) is 2.71. The molecule has 0 saturated heterocycles. The molecule has 6 heteroatoms. The van der Waals surface area contributed by atoms with E-state index in [1.54, 1.807) is 19.0 Å². The van der Waals surface area contributed by atoms with Gasteiger partial charge in [0.15, 0.2) is 5.96 Å². The molecule has 2 rings (SSSR count). The molecule has 1 amide bonds. The Bertz CT molecular complexity index is 639. The Kier molecular flexibility index (Phi) is 8.43. The standard InChI is InChI=1S/C21H34N4O2/c1-5-6-11-22-21(24-14-20(26)25(3)4)23-13-18-10-7-16(2)12-19(18)27-15-17-8-9-17/h7,10,12,17H,5-6,8-9,11,13-15H2,1-4H3,(H2,22,23,24). The van der Waals surface area contributed by atoms with Crippen molar-refractivity contribution < 1.29 is 9.53 Å². The Labute approximate surface area is 163 Å². The van der Waals surface area contributed by atoms with Crippen molar-refractivity contribution in [3.63, 3.8) is 0 Å². The van der Waals surface area contributed by atoms with E-state index in [9.17, 15) is 4.79 Å².